The molecule has 2 aromatic heterocycles. The van der Waals surface area contributed by atoms with Gasteiger partial charge >= 0.3 is 0 Å². The number of morpholine rings is 1. The summed E-state index contributed by atoms with van der Waals surface area (Å²) in [5.41, 5.74) is 3.53. The van der Waals surface area contributed by atoms with Crippen LogP contribution in [0.5, 0.6) is 0 Å². The zero-order chi connectivity index (χ0) is 23.5. The number of piperidine rings is 1. The number of carbonyl (C=O) groups excluding carboxylic acids is 1. The summed E-state index contributed by atoms with van der Waals surface area (Å²) in [7, 11) is 0. The second-order valence-electron chi connectivity index (χ2n) is 8.33. The van der Waals surface area contributed by atoms with Gasteiger partial charge in [0.1, 0.15) is 18.4 Å². The van der Waals surface area contributed by atoms with Crippen LogP contribution < -0.4 is 15.5 Å². The number of anilines is 3. The summed E-state index contributed by atoms with van der Waals surface area (Å²) in [5, 5.41) is 17.4. The molecule has 2 aliphatic rings. The summed E-state index contributed by atoms with van der Waals surface area (Å²) in [6.45, 7) is 5.16. The third-order valence-electron chi connectivity index (χ3n) is 6.05. The van der Waals surface area contributed by atoms with E-state index in [1.807, 2.05) is 31.2 Å². The molecule has 174 valence electrons. The first-order valence-corrected chi connectivity index (χ1v) is 12.1. The average Bonchev–Trinajstić information content (AvgIpc) is 3.27. The largest absolute Gasteiger partial charge is 0.370 e. The number of hydrogen-bond acceptors (Lipinski definition) is 9. The van der Waals surface area contributed by atoms with Gasteiger partial charge < -0.3 is 20.3 Å². The number of benzene rings is 1. The highest BCUT2D eigenvalue weighted by atomic mass is 32.1. The molecule has 0 unspecified atom stereocenters. The molecule has 3 aromatic rings. The molecule has 1 aromatic carbocycles. The van der Waals surface area contributed by atoms with E-state index in [0.29, 0.717) is 36.3 Å². The van der Waals surface area contributed by atoms with Crippen molar-refractivity contribution in [3.63, 3.8) is 0 Å². The van der Waals surface area contributed by atoms with E-state index in [4.69, 9.17) is 9.72 Å². The van der Waals surface area contributed by atoms with Crippen molar-refractivity contribution in [3.05, 3.63) is 46.7 Å². The van der Waals surface area contributed by atoms with Gasteiger partial charge in [-0.1, -0.05) is 0 Å². The zero-order valence-electron chi connectivity index (χ0n) is 18.9. The number of ether oxygens (including phenoxy) is 1. The molecule has 2 N–H and O–H groups in total. The topological polar surface area (TPSA) is 116 Å². The van der Waals surface area contributed by atoms with Crippen molar-refractivity contribution in [2.45, 2.75) is 25.7 Å². The smallest absolute Gasteiger partial charge is 0.253 e. The van der Waals surface area contributed by atoms with Gasteiger partial charge in [0.05, 0.1) is 33.9 Å². The van der Waals surface area contributed by atoms with Crippen LogP contribution in [0.2, 0.25) is 0 Å². The second kappa shape index (κ2) is 9.85. The molecule has 0 aliphatic carbocycles. The minimum Gasteiger partial charge on any atom is -0.370 e. The Hall–Kier alpha value is -3.39. The van der Waals surface area contributed by atoms with Gasteiger partial charge in [-0.25, -0.2) is 15.0 Å². The molecule has 1 amide bonds. The van der Waals surface area contributed by atoms with Crippen molar-refractivity contribution in [2.75, 3.05) is 43.1 Å². The molecule has 5 rings (SSSR count). The van der Waals surface area contributed by atoms with Crippen molar-refractivity contribution in [3.8, 4) is 16.6 Å². The number of amides is 1. The number of aryl methyl sites for hydroxylation is 1. The summed E-state index contributed by atoms with van der Waals surface area (Å²) in [5.74, 6) is 0.803. The van der Waals surface area contributed by atoms with Crippen LogP contribution in [0, 0.1) is 18.3 Å². The Morgan fingerprint density at radius 3 is 2.76 bits per heavy atom. The fourth-order valence-electron chi connectivity index (χ4n) is 4.22. The number of carbonyl (C=O) groups is 1. The first-order chi connectivity index (χ1) is 16.6. The molecule has 0 spiro atoms. The van der Waals surface area contributed by atoms with Crippen LogP contribution in [0.15, 0.2) is 30.5 Å². The molecule has 0 saturated carbocycles. The van der Waals surface area contributed by atoms with E-state index in [1.54, 1.807) is 22.4 Å². The van der Waals surface area contributed by atoms with Crippen molar-refractivity contribution >= 4 is 34.6 Å². The molecule has 34 heavy (non-hydrogen) atoms. The highest BCUT2D eigenvalue weighted by Gasteiger charge is 2.23. The Morgan fingerprint density at radius 2 is 2.03 bits per heavy atom. The van der Waals surface area contributed by atoms with Crippen LogP contribution in [0.25, 0.3) is 10.6 Å². The van der Waals surface area contributed by atoms with Crippen LogP contribution in [-0.2, 0) is 9.53 Å². The van der Waals surface area contributed by atoms with Crippen LogP contribution in [-0.4, -0.2) is 53.7 Å². The van der Waals surface area contributed by atoms with E-state index < -0.39 is 0 Å². The minimum atomic E-state index is -0.0455. The number of rotatable bonds is 5. The predicted octanol–water partition coefficient (Wildman–Crippen LogP) is 3.35. The summed E-state index contributed by atoms with van der Waals surface area (Å²) < 4.78 is 5.20. The highest BCUT2D eigenvalue weighted by molar-refractivity contribution is 7.15. The molecular formula is C24H25N7O2S. The fraction of sp³-hybridized carbons (Fsp3) is 0.375. The summed E-state index contributed by atoms with van der Waals surface area (Å²) in [6, 6.07) is 9.75. The quantitative estimate of drug-likeness (QED) is 0.577. The Kier molecular flexibility index (Phi) is 6.49. The van der Waals surface area contributed by atoms with E-state index in [9.17, 15) is 10.1 Å². The molecular weight excluding hydrogens is 450 g/mol. The Morgan fingerprint density at radius 1 is 1.24 bits per heavy atom. The van der Waals surface area contributed by atoms with Gasteiger partial charge in [0.25, 0.3) is 5.91 Å². The zero-order valence-corrected chi connectivity index (χ0v) is 19.7. The lowest BCUT2D eigenvalue weighted by molar-refractivity contribution is -0.125. The first kappa shape index (κ1) is 22.4. The van der Waals surface area contributed by atoms with Gasteiger partial charge in [0.2, 0.25) is 5.95 Å². The van der Waals surface area contributed by atoms with E-state index in [0.717, 1.165) is 52.9 Å². The minimum absolute atomic E-state index is 0.0455. The molecule has 0 bridgehead atoms. The lowest BCUT2D eigenvalue weighted by Crippen LogP contribution is -2.41. The number of nitrogens with zero attached hydrogens (tertiary/aromatic N) is 5. The van der Waals surface area contributed by atoms with Gasteiger partial charge in [-0.05, 0) is 57.1 Å². The lowest BCUT2D eigenvalue weighted by Gasteiger charge is -2.26. The second-order valence-corrected chi connectivity index (χ2v) is 9.36. The molecule has 4 heterocycles. The number of nitriles is 1. The van der Waals surface area contributed by atoms with Gasteiger partial charge in [0.15, 0.2) is 0 Å². The average molecular weight is 476 g/mol. The number of nitrogens with one attached hydrogen (secondary N) is 2. The van der Waals surface area contributed by atoms with Gasteiger partial charge in [-0.2, -0.15) is 5.26 Å². The molecule has 0 atom stereocenters. The number of thiazole rings is 1. The van der Waals surface area contributed by atoms with Crippen LogP contribution in [0.4, 0.5) is 17.3 Å². The van der Waals surface area contributed by atoms with Crippen LogP contribution >= 0.6 is 11.3 Å². The maximum Gasteiger partial charge on any atom is 0.253 e. The number of hydrogen-bond donors (Lipinski definition) is 2. The Labute approximate surface area is 201 Å². The summed E-state index contributed by atoms with van der Waals surface area (Å²) in [4.78, 5) is 28.5. The third-order valence-corrected chi connectivity index (χ3v) is 7.37. The molecule has 2 fully saturated rings. The van der Waals surface area contributed by atoms with E-state index in [2.05, 4.69) is 26.7 Å². The van der Waals surface area contributed by atoms with Crippen molar-refractivity contribution < 1.29 is 9.53 Å². The van der Waals surface area contributed by atoms with Crippen LogP contribution in [0.1, 0.15) is 35.0 Å². The van der Waals surface area contributed by atoms with Gasteiger partial charge in [0, 0.05) is 23.8 Å². The number of aromatic nitrogens is 3. The van der Waals surface area contributed by atoms with E-state index in [1.165, 1.54) is 0 Å². The molecule has 2 saturated heterocycles. The Bertz CT molecular complexity index is 1230. The third kappa shape index (κ3) is 4.63. The van der Waals surface area contributed by atoms with Crippen molar-refractivity contribution in [1.82, 2.24) is 20.3 Å². The Balaban J connectivity index is 1.38. The standard InChI is InChI=1S/C24H25N7O2S/c1-15-22(34-23(28-15)16-6-8-26-9-7-16)21-17(12-25)13-27-24(30-21)29-18-2-4-19(5-3-18)31-10-11-33-14-20(31)32/h2-5,13,16,26H,6-11,14H2,1H3,(H,27,29,30). The molecule has 2 aliphatic heterocycles. The normalized spacial score (nSPS) is 16.9. The lowest BCUT2D eigenvalue weighted by atomic mass is 9.99. The van der Waals surface area contributed by atoms with Crippen molar-refractivity contribution in [2.24, 2.45) is 0 Å². The maximum atomic E-state index is 12.1. The predicted molar refractivity (Wildman–Crippen MR) is 130 cm³/mol. The SMILES string of the molecule is Cc1nc(C2CCNCC2)sc1-c1nc(Nc2ccc(N3CCOCC3=O)cc2)ncc1C#N. The molecule has 0 radical (unpaired) electrons. The van der Waals surface area contributed by atoms with E-state index >= 15 is 0 Å². The molecule has 9 nitrogen and oxygen atoms in total. The van der Waals surface area contributed by atoms with Gasteiger partial charge in [-0.15, -0.1) is 11.3 Å². The highest BCUT2D eigenvalue weighted by Crippen LogP contribution is 2.37. The fourth-order valence-corrected chi connectivity index (χ4v) is 5.46. The summed E-state index contributed by atoms with van der Waals surface area (Å²) in [6.07, 6.45) is 3.69. The monoisotopic (exact) mass is 475 g/mol. The first-order valence-electron chi connectivity index (χ1n) is 11.3. The van der Waals surface area contributed by atoms with Crippen LogP contribution in [0.3, 0.4) is 0 Å². The maximum absolute atomic E-state index is 12.1. The van der Waals surface area contributed by atoms with E-state index in [-0.39, 0.29) is 12.5 Å². The van der Waals surface area contributed by atoms with Gasteiger partial charge in [-0.3, -0.25) is 4.79 Å². The molecule has 10 heteroatoms. The summed E-state index contributed by atoms with van der Waals surface area (Å²) >= 11 is 1.63. The van der Waals surface area contributed by atoms with Crippen molar-refractivity contribution in [1.29, 1.82) is 5.26 Å².